The number of benzene rings is 2. The first-order chi connectivity index (χ1) is 24.7. The molecule has 10 atom stereocenters. The second kappa shape index (κ2) is 19.3. The summed E-state index contributed by atoms with van der Waals surface area (Å²) in [7, 11) is 1.54. The Hall–Kier alpha value is -3.04. The molecule has 2 aromatic carbocycles. The molecular weight excluding hydrogens is 745 g/mol. The Labute approximate surface area is 318 Å². The number of alkyl carbamates (subject to hydrolysis) is 1. The van der Waals surface area contributed by atoms with Crippen molar-refractivity contribution in [3.8, 4) is 11.5 Å². The van der Waals surface area contributed by atoms with Gasteiger partial charge in [-0.3, -0.25) is 9.59 Å². The van der Waals surface area contributed by atoms with E-state index in [1.807, 2.05) is 51.1 Å². The van der Waals surface area contributed by atoms with E-state index in [4.69, 9.17) is 77.4 Å². The molecule has 16 heteroatoms. The number of halogens is 3. The normalized spacial score (nSPS) is 29.0. The zero-order valence-electron chi connectivity index (χ0n) is 29.8. The average molecular weight is 791 g/mol. The molecule has 2 heterocycles. The molecule has 0 radical (unpaired) electrons. The van der Waals surface area contributed by atoms with Gasteiger partial charge in [-0.25, -0.2) is 4.79 Å². The van der Waals surface area contributed by atoms with E-state index in [2.05, 4.69) is 5.32 Å². The number of methoxy groups -OCH3 is 1. The molecule has 0 saturated carbocycles. The molecule has 4 unspecified atom stereocenters. The minimum Gasteiger partial charge on any atom is -0.497 e. The molecule has 288 valence electrons. The van der Waals surface area contributed by atoms with E-state index in [1.54, 1.807) is 24.3 Å². The predicted octanol–water partition coefficient (Wildman–Crippen LogP) is 6.14. The number of amides is 1. The Balaban J connectivity index is 1.71. The fourth-order valence-electron chi connectivity index (χ4n) is 6.13. The molecule has 1 N–H and O–H groups in total. The van der Waals surface area contributed by atoms with E-state index in [1.165, 1.54) is 21.0 Å². The van der Waals surface area contributed by atoms with Crippen LogP contribution in [0.15, 0.2) is 54.6 Å². The third kappa shape index (κ3) is 12.0. The summed E-state index contributed by atoms with van der Waals surface area (Å²) in [6.07, 6.45) is -7.79. The van der Waals surface area contributed by atoms with Gasteiger partial charge in [0.05, 0.1) is 32.5 Å². The molecule has 2 aliphatic heterocycles. The quantitative estimate of drug-likeness (QED) is 0.133. The Morgan fingerprint density at radius 3 is 2.02 bits per heavy atom. The summed E-state index contributed by atoms with van der Waals surface area (Å²) in [6.45, 7) is 7.97. The van der Waals surface area contributed by atoms with E-state index in [0.717, 1.165) is 5.56 Å². The van der Waals surface area contributed by atoms with Gasteiger partial charge in [-0.05, 0) is 48.1 Å². The molecule has 2 aliphatic rings. The van der Waals surface area contributed by atoms with Crippen molar-refractivity contribution < 1.29 is 57.0 Å². The summed E-state index contributed by atoms with van der Waals surface area (Å²) in [6, 6.07) is 15.4. The van der Waals surface area contributed by atoms with Gasteiger partial charge in [-0.1, -0.05) is 85.9 Å². The van der Waals surface area contributed by atoms with E-state index >= 15 is 0 Å². The summed E-state index contributed by atoms with van der Waals surface area (Å²) < 4.78 is 52.2. The molecular formula is C36H46Cl3NO12. The van der Waals surface area contributed by atoms with Crippen molar-refractivity contribution in [2.45, 2.75) is 101 Å². The van der Waals surface area contributed by atoms with Crippen molar-refractivity contribution >= 4 is 52.8 Å². The number of alkyl halides is 3. The first kappa shape index (κ1) is 41.7. The number of esters is 2. The minimum atomic E-state index is -1.84. The van der Waals surface area contributed by atoms with Gasteiger partial charge in [0.15, 0.2) is 24.6 Å². The van der Waals surface area contributed by atoms with Gasteiger partial charge in [-0.15, -0.1) is 0 Å². The Morgan fingerprint density at radius 1 is 0.808 bits per heavy atom. The second-order valence-electron chi connectivity index (χ2n) is 12.6. The summed E-state index contributed by atoms with van der Waals surface area (Å²) in [5, 5.41) is 2.79. The molecule has 0 bridgehead atoms. The molecule has 2 fully saturated rings. The van der Waals surface area contributed by atoms with Crippen molar-refractivity contribution in [3.05, 3.63) is 60.2 Å². The van der Waals surface area contributed by atoms with Crippen LogP contribution >= 0.6 is 34.8 Å². The largest absolute Gasteiger partial charge is 0.497 e. The van der Waals surface area contributed by atoms with Crippen LogP contribution < -0.4 is 14.8 Å². The van der Waals surface area contributed by atoms with E-state index < -0.39 is 71.5 Å². The van der Waals surface area contributed by atoms with Gasteiger partial charge in [0.1, 0.15) is 24.2 Å². The number of carbonyl (C=O) groups is 3. The van der Waals surface area contributed by atoms with Gasteiger partial charge in [0.2, 0.25) is 10.1 Å². The Morgan fingerprint density at radius 2 is 1.42 bits per heavy atom. The zero-order valence-corrected chi connectivity index (χ0v) is 32.1. The van der Waals surface area contributed by atoms with Crippen LogP contribution in [0, 0.1) is 11.8 Å². The lowest BCUT2D eigenvalue weighted by atomic mass is 9.81. The summed E-state index contributed by atoms with van der Waals surface area (Å²) in [5.74, 6) is -0.673. The lowest BCUT2D eigenvalue weighted by Crippen LogP contribution is -2.66. The monoisotopic (exact) mass is 789 g/mol. The molecule has 0 aromatic heterocycles. The van der Waals surface area contributed by atoms with Crippen molar-refractivity contribution in [1.29, 1.82) is 0 Å². The Kier molecular flexibility index (Phi) is 15.5. The van der Waals surface area contributed by atoms with E-state index in [9.17, 15) is 14.4 Å². The highest BCUT2D eigenvalue weighted by Gasteiger charge is 2.54. The number of hydrogen-bond acceptors (Lipinski definition) is 12. The van der Waals surface area contributed by atoms with Crippen LogP contribution in [0.5, 0.6) is 11.5 Å². The third-order valence-corrected chi connectivity index (χ3v) is 9.16. The van der Waals surface area contributed by atoms with Crippen LogP contribution in [0.3, 0.4) is 0 Å². The van der Waals surface area contributed by atoms with Crippen molar-refractivity contribution in [2.24, 2.45) is 11.8 Å². The molecule has 2 aromatic rings. The highest BCUT2D eigenvalue weighted by atomic mass is 35.6. The zero-order chi connectivity index (χ0) is 38.0. The Bertz CT molecular complexity index is 1450. The van der Waals surface area contributed by atoms with Crippen LogP contribution in [-0.4, -0.2) is 91.3 Å². The van der Waals surface area contributed by atoms with Crippen molar-refractivity contribution in [3.63, 3.8) is 0 Å². The number of ether oxygens (including phenoxy) is 9. The number of hydrogen-bond donors (Lipinski definition) is 1. The lowest BCUT2D eigenvalue weighted by Gasteiger charge is -2.49. The van der Waals surface area contributed by atoms with Gasteiger partial charge in [0, 0.05) is 13.8 Å². The molecule has 0 spiro atoms. The van der Waals surface area contributed by atoms with Gasteiger partial charge >= 0.3 is 18.0 Å². The maximum Gasteiger partial charge on any atom is 0.407 e. The predicted molar refractivity (Wildman–Crippen MR) is 190 cm³/mol. The first-order valence-corrected chi connectivity index (χ1v) is 18.1. The van der Waals surface area contributed by atoms with E-state index in [0.29, 0.717) is 17.9 Å². The highest BCUT2D eigenvalue weighted by molar-refractivity contribution is 6.67. The molecule has 4 rings (SSSR count). The lowest BCUT2D eigenvalue weighted by molar-refractivity contribution is -0.338. The number of nitrogens with one attached hydrogen (secondary N) is 1. The maximum atomic E-state index is 13.0. The SMILES string of the molecule is CCC1O[C@@H](OC2[C@H](Oc3ccc(OC)cc3)OC(COCc3ccccc3)[C@H](OC(C)=O)[C@@H]2OC(C)=O)C(NC(=O)OCC(Cl)(Cl)Cl)[C@@H](C)[C@@H]1C. The fourth-order valence-corrected chi connectivity index (χ4v) is 6.29. The van der Waals surface area contributed by atoms with Crippen molar-refractivity contribution in [2.75, 3.05) is 20.3 Å². The van der Waals surface area contributed by atoms with Gasteiger partial charge in [-0.2, -0.15) is 0 Å². The maximum absolute atomic E-state index is 13.0. The highest BCUT2D eigenvalue weighted by Crippen LogP contribution is 2.37. The minimum absolute atomic E-state index is 0.0403. The number of rotatable bonds is 14. The van der Waals surface area contributed by atoms with Gasteiger partial charge in [0.25, 0.3) is 0 Å². The topological polar surface area (TPSA) is 146 Å². The third-order valence-electron chi connectivity index (χ3n) is 8.83. The van der Waals surface area contributed by atoms with Crippen LogP contribution in [0.1, 0.15) is 46.6 Å². The van der Waals surface area contributed by atoms with E-state index in [-0.39, 0.29) is 31.2 Å². The molecule has 1 amide bonds. The smallest absolute Gasteiger partial charge is 0.407 e. The van der Waals surface area contributed by atoms with Crippen LogP contribution in [0.25, 0.3) is 0 Å². The fraction of sp³-hybridized carbons (Fsp3) is 0.583. The molecule has 0 aliphatic carbocycles. The van der Waals surface area contributed by atoms with Crippen LogP contribution in [-0.2, 0) is 49.4 Å². The number of carbonyl (C=O) groups excluding carboxylic acids is 3. The second-order valence-corrected chi connectivity index (χ2v) is 15.1. The summed E-state index contributed by atoms with van der Waals surface area (Å²) >= 11 is 17.4. The van der Waals surface area contributed by atoms with Gasteiger partial charge < -0.3 is 47.9 Å². The van der Waals surface area contributed by atoms with Crippen LogP contribution in [0.4, 0.5) is 4.79 Å². The summed E-state index contributed by atoms with van der Waals surface area (Å²) in [4.78, 5) is 38.2. The molecule has 13 nitrogen and oxygen atoms in total. The van der Waals surface area contributed by atoms with Crippen LogP contribution in [0.2, 0.25) is 0 Å². The average Bonchev–Trinajstić information content (AvgIpc) is 3.09. The van der Waals surface area contributed by atoms with Crippen molar-refractivity contribution in [1.82, 2.24) is 5.32 Å². The molecule has 2 saturated heterocycles. The molecule has 52 heavy (non-hydrogen) atoms. The standard InChI is InChI=1S/C36H46Cl3NO12/c1-7-27-20(2)21(3)29(40-35(43)46-19-36(37,38)39)33(50-27)52-32-31(48-23(5)42)30(47-22(4)41)28(18-45-17-24-11-9-8-10-12-24)51-34(32)49-26-15-13-25(44-6)14-16-26/h8-16,20-21,27-34H,7,17-19H2,1-6H3,(H,40,43)/t20-,21-,27?,28?,29?,30-,31-,32?,33-,34+/m0/s1. The summed E-state index contributed by atoms with van der Waals surface area (Å²) in [5.41, 5.74) is 0.903. The first-order valence-electron chi connectivity index (χ1n) is 16.9.